The van der Waals surface area contributed by atoms with Crippen molar-refractivity contribution in [3.63, 3.8) is 0 Å². The molecule has 1 amide bonds. The van der Waals surface area contributed by atoms with Gasteiger partial charge in [-0.3, -0.25) is 4.79 Å². The summed E-state index contributed by atoms with van der Waals surface area (Å²) < 4.78 is 5.47. The van der Waals surface area contributed by atoms with E-state index in [4.69, 9.17) is 9.84 Å². The second kappa shape index (κ2) is 7.53. The first kappa shape index (κ1) is 16.0. The topological polar surface area (TPSA) is 75.6 Å². The van der Waals surface area contributed by atoms with Crippen molar-refractivity contribution in [3.8, 4) is 5.75 Å². The Morgan fingerprint density at radius 2 is 1.85 bits per heavy atom. The van der Waals surface area contributed by atoms with Crippen LogP contribution in [0.4, 0.5) is 0 Å². The molecule has 0 heterocycles. The quantitative estimate of drug-likeness (QED) is 0.801. The third kappa shape index (κ3) is 4.57. The number of benzene rings is 1. The molecule has 0 spiro atoms. The number of carboxylic acids is 1. The van der Waals surface area contributed by atoms with Crippen LogP contribution in [0.2, 0.25) is 0 Å². The molecule has 0 aliphatic heterocycles. The highest BCUT2D eigenvalue weighted by atomic mass is 16.5. The summed E-state index contributed by atoms with van der Waals surface area (Å²) in [6, 6.07) is 8.05. The van der Waals surface area contributed by atoms with E-state index in [0.717, 1.165) is 0 Å². The molecule has 5 heteroatoms. The molecular formula is C15H21NO4. The maximum absolute atomic E-state index is 12.0. The number of para-hydroxylation sites is 1. The maximum atomic E-state index is 12.0. The predicted octanol–water partition coefficient (Wildman–Crippen LogP) is 2.07. The zero-order valence-corrected chi connectivity index (χ0v) is 12.0. The zero-order chi connectivity index (χ0) is 15.1. The van der Waals surface area contributed by atoms with E-state index < -0.39 is 24.0 Å². The van der Waals surface area contributed by atoms with Crippen molar-refractivity contribution in [2.75, 3.05) is 0 Å². The van der Waals surface area contributed by atoms with Crippen LogP contribution in [0.15, 0.2) is 30.3 Å². The van der Waals surface area contributed by atoms with Gasteiger partial charge in [-0.05, 0) is 25.0 Å². The van der Waals surface area contributed by atoms with Crippen LogP contribution in [0.3, 0.4) is 0 Å². The summed E-state index contributed by atoms with van der Waals surface area (Å²) in [7, 11) is 0. The number of nitrogens with one attached hydrogen (secondary N) is 1. The smallest absolute Gasteiger partial charge is 0.326 e. The van der Waals surface area contributed by atoms with Crippen LogP contribution in [-0.4, -0.2) is 29.1 Å². The molecule has 2 N–H and O–H groups in total. The lowest BCUT2D eigenvalue weighted by molar-refractivity contribution is -0.144. The van der Waals surface area contributed by atoms with Crippen LogP contribution in [0.1, 0.15) is 27.2 Å². The summed E-state index contributed by atoms with van der Waals surface area (Å²) in [5.41, 5.74) is 0. The molecule has 1 aromatic rings. The summed E-state index contributed by atoms with van der Waals surface area (Å²) >= 11 is 0. The minimum absolute atomic E-state index is 0.139. The average Bonchev–Trinajstić information content (AvgIpc) is 2.44. The molecule has 1 aromatic carbocycles. The third-order valence-electron chi connectivity index (χ3n) is 3.20. The lowest BCUT2D eigenvalue weighted by Crippen LogP contribution is -2.49. The first-order valence-corrected chi connectivity index (χ1v) is 6.70. The molecule has 0 fully saturated rings. The van der Waals surface area contributed by atoms with Gasteiger partial charge in [0.15, 0.2) is 6.10 Å². The minimum Gasteiger partial charge on any atom is -0.481 e. The van der Waals surface area contributed by atoms with Crippen LogP contribution in [0.5, 0.6) is 5.75 Å². The fraction of sp³-hybridized carbons (Fsp3) is 0.467. The maximum Gasteiger partial charge on any atom is 0.326 e. The van der Waals surface area contributed by atoms with Gasteiger partial charge in [0.1, 0.15) is 11.8 Å². The minimum atomic E-state index is -1.03. The Labute approximate surface area is 118 Å². The predicted molar refractivity (Wildman–Crippen MR) is 75.6 cm³/mol. The molecule has 0 aromatic heterocycles. The van der Waals surface area contributed by atoms with E-state index in [0.29, 0.717) is 12.2 Å². The summed E-state index contributed by atoms with van der Waals surface area (Å²) in [5, 5.41) is 11.7. The van der Waals surface area contributed by atoms with Crippen molar-refractivity contribution < 1.29 is 19.4 Å². The van der Waals surface area contributed by atoms with Crippen LogP contribution in [0, 0.1) is 5.92 Å². The van der Waals surface area contributed by atoms with E-state index in [1.165, 1.54) is 0 Å². The molecule has 0 saturated carbocycles. The zero-order valence-electron chi connectivity index (χ0n) is 12.0. The average molecular weight is 279 g/mol. The van der Waals surface area contributed by atoms with E-state index in [2.05, 4.69) is 5.32 Å². The van der Waals surface area contributed by atoms with Gasteiger partial charge in [0.25, 0.3) is 5.91 Å². The van der Waals surface area contributed by atoms with Crippen molar-refractivity contribution in [2.45, 2.75) is 39.3 Å². The molecule has 5 nitrogen and oxygen atoms in total. The van der Waals surface area contributed by atoms with Gasteiger partial charge in [0.05, 0.1) is 0 Å². The van der Waals surface area contributed by atoms with Gasteiger partial charge in [-0.25, -0.2) is 4.79 Å². The Balaban J connectivity index is 2.62. The largest absolute Gasteiger partial charge is 0.481 e. The number of hydrogen-bond donors (Lipinski definition) is 2. The molecule has 0 bridgehead atoms. The molecule has 110 valence electrons. The lowest BCUT2D eigenvalue weighted by Gasteiger charge is -2.22. The number of amides is 1. The van der Waals surface area contributed by atoms with E-state index >= 15 is 0 Å². The van der Waals surface area contributed by atoms with E-state index in [-0.39, 0.29) is 5.92 Å². The molecule has 20 heavy (non-hydrogen) atoms. The van der Waals surface area contributed by atoms with Gasteiger partial charge >= 0.3 is 5.97 Å². The van der Waals surface area contributed by atoms with Crippen LogP contribution < -0.4 is 10.1 Å². The second-order valence-electron chi connectivity index (χ2n) is 4.78. The highest BCUT2D eigenvalue weighted by Crippen LogP contribution is 2.12. The van der Waals surface area contributed by atoms with Gasteiger partial charge in [-0.1, -0.05) is 38.5 Å². The number of ether oxygens (including phenoxy) is 1. The van der Waals surface area contributed by atoms with E-state index in [1.54, 1.807) is 38.1 Å². The Hall–Kier alpha value is -2.04. The number of carbonyl (C=O) groups is 2. The number of carbonyl (C=O) groups excluding carboxylic acids is 1. The Bertz CT molecular complexity index is 446. The SMILES string of the molecule is CCC(C)C(NC(=O)C(C)Oc1ccccc1)C(=O)O. The number of hydrogen-bond acceptors (Lipinski definition) is 3. The molecular weight excluding hydrogens is 258 g/mol. The molecule has 3 unspecified atom stereocenters. The van der Waals surface area contributed by atoms with Gasteiger partial charge in [0, 0.05) is 0 Å². The summed E-state index contributed by atoms with van der Waals surface area (Å²) in [6.45, 7) is 5.27. The normalized spacial score (nSPS) is 14.9. The fourth-order valence-corrected chi connectivity index (χ4v) is 1.71. The number of rotatable bonds is 7. The third-order valence-corrected chi connectivity index (χ3v) is 3.20. The van der Waals surface area contributed by atoms with Gasteiger partial charge in [0.2, 0.25) is 0 Å². The van der Waals surface area contributed by atoms with Gasteiger partial charge in [-0.2, -0.15) is 0 Å². The number of carboxylic acid groups (broad SMARTS) is 1. The highest BCUT2D eigenvalue weighted by molar-refractivity contribution is 5.86. The molecule has 0 aliphatic carbocycles. The van der Waals surface area contributed by atoms with Crippen molar-refractivity contribution in [1.29, 1.82) is 0 Å². The standard InChI is InChI=1S/C15H21NO4/c1-4-10(2)13(15(18)19)16-14(17)11(3)20-12-8-6-5-7-9-12/h5-11,13H,4H2,1-3H3,(H,16,17)(H,18,19). The highest BCUT2D eigenvalue weighted by Gasteiger charge is 2.27. The molecule has 0 radical (unpaired) electrons. The first-order valence-electron chi connectivity index (χ1n) is 6.70. The van der Waals surface area contributed by atoms with Gasteiger partial charge < -0.3 is 15.2 Å². The summed E-state index contributed by atoms with van der Waals surface area (Å²) in [4.78, 5) is 23.1. The van der Waals surface area contributed by atoms with E-state index in [1.807, 2.05) is 13.0 Å². The van der Waals surface area contributed by atoms with Crippen molar-refractivity contribution >= 4 is 11.9 Å². The summed E-state index contributed by atoms with van der Waals surface area (Å²) in [6.07, 6.45) is -0.0751. The number of aliphatic carboxylic acids is 1. The van der Waals surface area contributed by atoms with Crippen molar-refractivity contribution in [3.05, 3.63) is 30.3 Å². The second-order valence-corrected chi connectivity index (χ2v) is 4.78. The Morgan fingerprint density at radius 3 is 2.35 bits per heavy atom. The van der Waals surface area contributed by atoms with Crippen molar-refractivity contribution in [2.24, 2.45) is 5.92 Å². The lowest BCUT2D eigenvalue weighted by atomic mass is 9.99. The van der Waals surface area contributed by atoms with Crippen molar-refractivity contribution in [1.82, 2.24) is 5.32 Å². The van der Waals surface area contributed by atoms with Crippen LogP contribution in [0.25, 0.3) is 0 Å². The van der Waals surface area contributed by atoms with Gasteiger partial charge in [-0.15, -0.1) is 0 Å². The van der Waals surface area contributed by atoms with E-state index in [9.17, 15) is 9.59 Å². The monoisotopic (exact) mass is 279 g/mol. The molecule has 0 aliphatic rings. The Kier molecular flexibility index (Phi) is 6.03. The first-order chi connectivity index (χ1) is 9.45. The molecule has 3 atom stereocenters. The molecule has 0 saturated heterocycles. The summed E-state index contributed by atoms with van der Waals surface area (Å²) in [5.74, 6) is -1.02. The molecule has 1 rings (SSSR count). The Morgan fingerprint density at radius 1 is 1.25 bits per heavy atom. The fourth-order valence-electron chi connectivity index (χ4n) is 1.71. The van der Waals surface area contributed by atoms with Crippen LogP contribution in [-0.2, 0) is 9.59 Å². The van der Waals surface area contributed by atoms with Crippen LogP contribution >= 0.6 is 0 Å².